The van der Waals surface area contributed by atoms with Crippen LogP contribution in [0.25, 0.3) is 0 Å². The molecule has 0 unspecified atom stereocenters. The second-order valence-corrected chi connectivity index (χ2v) is 7.47. The lowest BCUT2D eigenvalue weighted by Gasteiger charge is -2.32. The zero-order chi connectivity index (χ0) is 18.7. The van der Waals surface area contributed by atoms with E-state index in [9.17, 15) is 14.7 Å². The third-order valence-corrected chi connectivity index (χ3v) is 4.95. The molecule has 0 spiro atoms. The highest BCUT2D eigenvalue weighted by atomic mass is 79.9. The molecule has 0 bridgehead atoms. The lowest BCUT2D eigenvalue weighted by molar-refractivity contribution is 0.0696. The minimum atomic E-state index is -1.05. The molecule has 6 nitrogen and oxygen atoms in total. The van der Waals surface area contributed by atoms with Gasteiger partial charge in [0.15, 0.2) is 0 Å². The van der Waals surface area contributed by atoms with Gasteiger partial charge in [-0.2, -0.15) is 0 Å². The van der Waals surface area contributed by atoms with E-state index in [0.717, 1.165) is 30.4 Å². The summed E-state index contributed by atoms with van der Waals surface area (Å²) in [5.41, 5.74) is 0.954. The average molecular weight is 418 g/mol. The number of carboxylic acid groups (broad SMARTS) is 1. The summed E-state index contributed by atoms with van der Waals surface area (Å²) in [4.78, 5) is 30.4. The number of aromatic nitrogens is 1. The Balaban J connectivity index is 1.83. The van der Waals surface area contributed by atoms with Gasteiger partial charge in [-0.1, -0.05) is 22.9 Å². The molecule has 7 heteroatoms. The molecule has 136 valence electrons. The number of hydrogen-bond acceptors (Lipinski definition) is 4. The van der Waals surface area contributed by atoms with E-state index >= 15 is 0 Å². The van der Waals surface area contributed by atoms with Crippen LogP contribution in [0.1, 0.15) is 40.5 Å². The Morgan fingerprint density at radius 2 is 2.04 bits per heavy atom. The number of aromatic carboxylic acids is 1. The molecule has 1 fully saturated rings. The highest BCUT2D eigenvalue weighted by Crippen LogP contribution is 2.26. The van der Waals surface area contributed by atoms with Gasteiger partial charge in [0.25, 0.3) is 5.91 Å². The number of carbonyl (C=O) groups is 2. The Morgan fingerprint density at radius 3 is 2.69 bits per heavy atom. The quantitative estimate of drug-likeness (QED) is 0.784. The fourth-order valence-corrected chi connectivity index (χ4v) is 3.39. The molecule has 0 saturated carbocycles. The summed E-state index contributed by atoms with van der Waals surface area (Å²) >= 11 is 3.33. The number of halogens is 1. The normalized spacial score (nSPS) is 17.0. The molecule has 3 rings (SSSR count). The van der Waals surface area contributed by atoms with Gasteiger partial charge in [-0.25, -0.2) is 9.78 Å². The van der Waals surface area contributed by atoms with Gasteiger partial charge in [-0.15, -0.1) is 0 Å². The van der Waals surface area contributed by atoms with Gasteiger partial charge in [0, 0.05) is 23.1 Å². The number of piperidine rings is 1. The van der Waals surface area contributed by atoms with Crippen LogP contribution in [0.15, 0.2) is 41.0 Å². The minimum Gasteiger partial charge on any atom is -0.478 e. The fraction of sp³-hybridized carbons (Fsp3) is 0.316. The highest BCUT2D eigenvalue weighted by Gasteiger charge is 2.23. The van der Waals surface area contributed by atoms with Crippen LogP contribution >= 0.6 is 15.9 Å². The maximum Gasteiger partial charge on any atom is 0.339 e. The molecular formula is C19H20BrN3O3. The standard InChI is InChI=1S/C19H20BrN3O3/c1-12-3-2-8-23(11-12)17-16(19(25)26)9-15(10-21-17)22-18(24)13-4-6-14(20)7-5-13/h4-7,9-10,12H,2-3,8,11H2,1H3,(H,22,24)(H,25,26)/t12-/m1/s1. The number of amides is 1. The van der Waals surface area contributed by atoms with Crippen LogP contribution in [0.3, 0.4) is 0 Å². The van der Waals surface area contributed by atoms with Crippen molar-refractivity contribution < 1.29 is 14.7 Å². The van der Waals surface area contributed by atoms with E-state index in [2.05, 4.69) is 33.2 Å². The molecule has 2 heterocycles. The van der Waals surface area contributed by atoms with Crippen LogP contribution in [0.5, 0.6) is 0 Å². The van der Waals surface area contributed by atoms with E-state index in [1.165, 1.54) is 12.3 Å². The summed E-state index contributed by atoms with van der Waals surface area (Å²) in [5.74, 6) is -0.393. The summed E-state index contributed by atoms with van der Waals surface area (Å²) in [6, 6.07) is 8.40. The van der Waals surface area contributed by atoms with E-state index in [-0.39, 0.29) is 11.5 Å². The Morgan fingerprint density at radius 1 is 1.31 bits per heavy atom. The summed E-state index contributed by atoms with van der Waals surface area (Å²) < 4.78 is 0.879. The lowest BCUT2D eigenvalue weighted by Crippen LogP contribution is -2.36. The van der Waals surface area contributed by atoms with Crippen molar-refractivity contribution in [2.24, 2.45) is 5.92 Å². The van der Waals surface area contributed by atoms with Crippen molar-refractivity contribution in [1.29, 1.82) is 0 Å². The summed E-state index contributed by atoms with van der Waals surface area (Å²) in [5, 5.41) is 12.3. The Kier molecular flexibility index (Phi) is 5.56. The zero-order valence-electron chi connectivity index (χ0n) is 14.4. The first kappa shape index (κ1) is 18.4. The van der Waals surface area contributed by atoms with Crippen molar-refractivity contribution >= 4 is 39.3 Å². The van der Waals surface area contributed by atoms with E-state index in [1.54, 1.807) is 24.3 Å². The Bertz CT molecular complexity index is 823. The van der Waals surface area contributed by atoms with E-state index in [4.69, 9.17) is 0 Å². The number of pyridine rings is 1. The second kappa shape index (κ2) is 7.86. The van der Waals surface area contributed by atoms with Gasteiger partial charge in [0.2, 0.25) is 0 Å². The molecule has 26 heavy (non-hydrogen) atoms. The first-order valence-corrected chi connectivity index (χ1v) is 9.28. The van der Waals surface area contributed by atoms with Crippen LogP contribution in [0.4, 0.5) is 11.5 Å². The molecule has 2 aromatic rings. The van der Waals surface area contributed by atoms with Crippen LogP contribution in [0.2, 0.25) is 0 Å². The maximum absolute atomic E-state index is 12.3. The van der Waals surface area contributed by atoms with Crippen molar-refractivity contribution in [3.05, 3.63) is 52.1 Å². The van der Waals surface area contributed by atoms with E-state index < -0.39 is 5.97 Å². The van der Waals surface area contributed by atoms with Crippen molar-refractivity contribution in [1.82, 2.24) is 4.98 Å². The van der Waals surface area contributed by atoms with Crippen LogP contribution in [-0.4, -0.2) is 35.1 Å². The van der Waals surface area contributed by atoms with Crippen LogP contribution < -0.4 is 10.2 Å². The maximum atomic E-state index is 12.3. The third-order valence-electron chi connectivity index (χ3n) is 4.42. The van der Waals surface area contributed by atoms with Gasteiger partial charge in [0.05, 0.1) is 11.9 Å². The number of carbonyl (C=O) groups excluding carboxylic acids is 1. The van der Waals surface area contributed by atoms with Crippen LogP contribution in [-0.2, 0) is 0 Å². The third kappa shape index (κ3) is 4.22. The smallest absolute Gasteiger partial charge is 0.339 e. The number of hydrogen-bond donors (Lipinski definition) is 2. The fourth-order valence-electron chi connectivity index (χ4n) is 3.12. The number of carboxylic acids is 1. The molecule has 1 aromatic heterocycles. The van der Waals surface area contributed by atoms with Crippen molar-refractivity contribution in [3.8, 4) is 0 Å². The molecule has 1 aliphatic heterocycles. The Labute approximate surface area is 160 Å². The van der Waals surface area contributed by atoms with Crippen molar-refractivity contribution in [2.75, 3.05) is 23.3 Å². The topological polar surface area (TPSA) is 82.5 Å². The summed E-state index contributed by atoms with van der Waals surface area (Å²) in [7, 11) is 0. The Hall–Kier alpha value is -2.41. The van der Waals surface area contributed by atoms with Crippen molar-refractivity contribution in [2.45, 2.75) is 19.8 Å². The molecule has 1 aromatic carbocycles. The second-order valence-electron chi connectivity index (χ2n) is 6.55. The van der Waals surface area contributed by atoms with Gasteiger partial charge < -0.3 is 15.3 Å². The number of benzene rings is 1. The predicted octanol–water partition coefficient (Wildman–Crippen LogP) is 4.03. The molecule has 1 aliphatic rings. The van der Waals surface area contributed by atoms with E-state index in [0.29, 0.717) is 23.0 Å². The number of nitrogens with one attached hydrogen (secondary N) is 1. The lowest BCUT2D eigenvalue weighted by atomic mass is 10.00. The molecule has 1 saturated heterocycles. The molecule has 0 radical (unpaired) electrons. The minimum absolute atomic E-state index is 0.104. The monoisotopic (exact) mass is 417 g/mol. The zero-order valence-corrected chi connectivity index (χ0v) is 16.0. The van der Waals surface area contributed by atoms with Gasteiger partial charge in [-0.05, 0) is 49.1 Å². The first-order valence-electron chi connectivity index (χ1n) is 8.49. The SMILES string of the molecule is C[C@@H]1CCCN(c2ncc(NC(=O)c3ccc(Br)cc3)cc2C(=O)O)C1. The molecule has 2 N–H and O–H groups in total. The summed E-state index contributed by atoms with van der Waals surface area (Å²) in [6.07, 6.45) is 3.67. The number of anilines is 2. The largest absolute Gasteiger partial charge is 0.478 e. The number of nitrogens with zero attached hydrogens (tertiary/aromatic N) is 2. The van der Waals surface area contributed by atoms with Crippen molar-refractivity contribution in [3.63, 3.8) is 0 Å². The van der Waals surface area contributed by atoms with E-state index in [1.807, 2.05) is 4.90 Å². The molecule has 1 amide bonds. The summed E-state index contributed by atoms with van der Waals surface area (Å²) in [6.45, 7) is 3.74. The predicted molar refractivity (Wildman–Crippen MR) is 104 cm³/mol. The molecule has 0 aliphatic carbocycles. The van der Waals surface area contributed by atoms with Gasteiger partial charge >= 0.3 is 5.97 Å². The van der Waals surface area contributed by atoms with Gasteiger partial charge in [0.1, 0.15) is 11.4 Å². The van der Waals surface area contributed by atoms with Gasteiger partial charge in [-0.3, -0.25) is 4.79 Å². The molecular weight excluding hydrogens is 398 g/mol. The molecule has 1 atom stereocenters. The highest BCUT2D eigenvalue weighted by molar-refractivity contribution is 9.10. The first-order chi connectivity index (χ1) is 12.4. The number of rotatable bonds is 4. The van der Waals surface area contributed by atoms with Crippen LogP contribution in [0, 0.1) is 5.92 Å². The average Bonchev–Trinajstić information content (AvgIpc) is 2.62.